The third-order valence-corrected chi connectivity index (χ3v) is 3.40. The van der Waals surface area contributed by atoms with E-state index < -0.39 is 0 Å². The van der Waals surface area contributed by atoms with Crippen molar-refractivity contribution in [3.05, 3.63) is 65.5 Å². The smallest absolute Gasteiger partial charge is 0.123 e. The second-order valence-corrected chi connectivity index (χ2v) is 4.93. The molecule has 2 aromatic rings. The van der Waals surface area contributed by atoms with E-state index in [1.165, 1.54) is 12.1 Å². The number of phenols is 1. The van der Waals surface area contributed by atoms with E-state index >= 15 is 0 Å². The van der Waals surface area contributed by atoms with Gasteiger partial charge < -0.3 is 10.4 Å². The third kappa shape index (κ3) is 4.07. The molecule has 1 unspecified atom stereocenters. The molecule has 0 radical (unpaired) electrons. The highest BCUT2D eigenvalue weighted by Crippen LogP contribution is 2.22. The quantitative estimate of drug-likeness (QED) is 0.844. The molecule has 3 heteroatoms. The van der Waals surface area contributed by atoms with Crippen LogP contribution in [0.5, 0.6) is 5.75 Å². The normalized spacial score (nSPS) is 12.3. The summed E-state index contributed by atoms with van der Waals surface area (Å²) in [6, 6.07) is 14.0. The van der Waals surface area contributed by atoms with Crippen LogP contribution < -0.4 is 5.32 Å². The number of nitrogens with one attached hydrogen (secondary N) is 1. The Kier molecular flexibility index (Phi) is 5.13. The largest absolute Gasteiger partial charge is 0.508 e. The molecule has 0 spiro atoms. The van der Waals surface area contributed by atoms with Crippen LogP contribution in [0, 0.1) is 5.82 Å². The number of rotatable bonds is 6. The summed E-state index contributed by atoms with van der Waals surface area (Å²) >= 11 is 0. The van der Waals surface area contributed by atoms with E-state index in [4.69, 9.17) is 0 Å². The zero-order chi connectivity index (χ0) is 14.4. The maximum absolute atomic E-state index is 13.0. The summed E-state index contributed by atoms with van der Waals surface area (Å²) in [7, 11) is 0. The van der Waals surface area contributed by atoms with Crippen molar-refractivity contribution in [3.63, 3.8) is 0 Å². The first-order valence-electron chi connectivity index (χ1n) is 6.93. The summed E-state index contributed by atoms with van der Waals surface area (Å²) in [5.41, 5.74) is 2.29. The Labute approximate surface area is 119 Å². The van der Waals surface area contributed by atoms with Crippen molar-refractivity contribution in [2.75, 3.05) is 13.1 Å². The summed E-state index contributed by atoms with van der Waals surface area (Å²) in [4.78, 5) is 0. The second-order valence-electron chi connectivity index (χ2n) is 4.93. The molecule has 1 atom stereocenters. The van der Waals surface area contributed by atoms with Crippen LogP contribution in [0.4, 0.5) is 4.39 Å². The van der Waals surface area contributed by atoms with E-state index in [2.05, 4.69) is 12.2 Å². The molecular formula is C17H20FNO. The maximum atomic E-state index is 13.0. The summed E-state index contributed by atoms with van der Waals surface area (Å²) in [5.74, 6) is 0.361. The average molecular weight is 273 g/mol. The highest BCUT2D eigenvalue weighted by atomic mass is 19.1. The molecule has 0 aliphatic carbocycles. The van der Waals surface area contributed by atoms with Crippen LogP contribution in [0.2, 0.25) is 0 Å². The van der Waals surface area contributed by atoms with E-state index in [1.807, 2.05) is 24.3 Å². The van der Waals surface area contributed by atoms with E-state index in [9.17, 15) is 9.50 Å². The Hall–Kier alpha value is -1.87. The topological polar surface area (TPSA) is 32.3 Å². The van der Waals surface area contributed by atoms with E-state index in [-0.39, 0.29) is 11.6 Å². The van der Waals surface area contributed by atoms with Gasteiger partial charge in [0.1, 0.15) is 11.6 Å². The van der Waals surface area contributed by atoms with Crippen LogP contribution in [0.15, 0.2) is 48.5 Å². The van der Waals surface area contributed by atoms with E-state index in [1.54, 1.807) is 12.1 Å². The number of halogens is 1. The zero-order valence-electron chi connectivity index (χ0n) is 11.6. The SMILES string of the molecule is CCNCC(Cc1ccc(O)cc1)c1ccc(F)cc1. The maximum Gasteiger partial charge on any atom is 0.123 e. The van der Waals surface area contributed by atoms with Gasteiger partial charge in [0.15, 0.2) is 0 Å². The molecule has 0 aliphatic heterocycles. The van der Waals surface area contributed by atoms with Gasteiger partial charge in [-0.3, -0.25) is 0 Å². The fraction of sp³-hybridized carbons (Fsp3) is 0.294. The fourth-order valence-corrected chi connectivity index (χ4v) is 2.28. The Morgan fingerprint density at radius 2 is 1.70 bits per heavy atom. The van der Waals surface area contributed by atoms with Crippen molar-refractivity contribution in [2.24, 2.45) is 0 Å². The predicted octanol–water partition coefficient (Wildman–Crippen LogP) is 3.47. The number of phenolic OH excluding ortho intramolecular Hbond substituents is 1. The Morgan fingerprint density at radius 1 is 1.05 bits per heavy atom. The van der Waals surface area contributed by atoms with Crippen molar-refractivity contribution in [1.82, 2.24) is 5.32 Å². The van der Waals surface area contributed by atoms with Crippen molar-refractivity contribution >= 4 is 0 Å². The van der Waals surface area contributed by atoms with Gasteiger partial charge in [-0.2, -0.15) is 0 Å². The highest BCUT2D eigenvalue weighted by molar-refractivity contribution is 5.29. The molecule has 0 aromatic heterocycles. The molecule has 2 N–H and O–H groups in total. The molecule has 0 aliphatic rings. The van der Waals surface area contributed by atoms with Gasteiger partial charge in [-0.1, -0.05) is 31.2 Å². The van der Waals surface area contributed by atoms with Crippen molar-refractivity contribution in [3.8, 4) is 5.75 Å². The van der Waals surface area contributed by atoms with Gasteiger partial charge in [0.25, 0.3) is 0 Å². The first-order valence-corrected chi connectivity index (χ1v) is 6.93. The van der Waals surface area contributed by atoms with Crippen LogP contribution >= 0.6 is 0 Å². The number of hydrogen-bond donors (Lipinski definition) is 2. The number of benzene rings is 2. The molecule has 0 heterocycles. The lowest BCUT2D eigenvalue weighted by molar-refractivity contribution is 0.475. The average Bonchev–Trinajstić information content (AvgIpc) is 2.46. The highest BCUT2D eigenvalue weighted by Gasteiger charge is 2.12. The number of aromatic hydroxyl groups is 1. The van der Waals surface area contributed by atoms with Gasteiger partial charge in [-0.05, 0) is 48.4 Å². The molecular weight excluding hydrogens is 253 g/mol. The lowest BCUT2D eigenvalue weighted by Crippen LogP contribution is -2.22. The Balaban J connectivity index is 2.14. The lowest BCUT2D eigenvalue weighted by atomic mass is 9.92. The number of likely N-dealkylation sites (N-methyl/N-ethyl adjacent to an activating group) is 1. The molecule has 2 rings (SSSR count). The Bertz CT molecular complexity index is 522. The Morgan fingerprint density at radius 3 is 2.30 bits per heavy atom. The first kappa shape index (κ1) is 14.5. The lowest BCUT2D eigenvalue weighted by Gasteiger charge is -2.18. The molecule has 2 aromatic carbocycles. The van der Waals surface area contributed by atoms with Crippen LogP contribution in [-0.4, -0.2) is 18.2 Å². The van der Waals surface area contributed by atoms with Crippen LogP contribution in [0.3, 0.4) is 0 Å². The summed E-state index contributed by atoms with van der Waals surface area (Å²) < 4.78 is 13.0. The summed E-state index contributed by atoms with van der Waals surface area (Å²) in [6.45, 7) is 3.83. The molecule has 0 amide bonds. The van der Waals surface area contributed by atoms with Gasteiger partial charge in [0.2, 0.25) is 0 Å². The predicted molar refractivity (Wildman–Crippen MR) is 79.5 cm³/mol. The molecule has 0 saturated heterocycles. The standard InChI is InChI=1S/C17H20FNO/c1-2-19-12-15(14-5-7-16(18)8-6-14)11-13-3-9-17(20)10-4-13/h3-10,15,19-20H,2,11-12H2,1H3. The number of hydrogen-bond acceptors (Lipinski definition) is 2. The molecule has 106 valence electrons. The molecule has 0 bridgehead atoms. The first-order chi connectivity index (χ1) is 9.69. The van der Waals surface area contributed by atoms with Crippen molar-refractivity contribution < 1.29 is 9.50 Å². The van der Waals surface area contributed by atoms with Crippen LogP contribution in [0.25, 0.3) is 0 Å². The van der Waals surface area contributed by atoms with E-state index in [0.29, 0.717) is 5.92 Å². The molecule has 0 saturated carbocycles. The minimum absolute atomic E-state index is 0.208. The molecule has 20 heavy (non-hydrogen) atoms. The van der Waals surface area contributed by atoms with Gasteiger partial charge in [-0.25, -0.2) is 4.39 Å². The summed E-state index contributed by atoms with van der Waals surface area (Å²) in [6.07, 6.45) is 0.860. The van der Waals surface area contributed by atoms with Crippen molar-refractivity contribution in [1.29, 1.82) is 0 Å². The summed E-state index contributed by atoms with van der Waals surface area (Å²) in [5, 5.41) is 12.7. The van der Waals surface area contributed by atoms with Crippen LogP contribution in [-0.2, 0) is 6.42 Å². The fourth-order valence-electron chi connectivity index (χ4n) is 2.28. The molecule has 0 fully saturated rings. The monoisotopic (exact) mass is 273 g/mol. The van der Waals surface area contributed by atoms with E-state index in [0.717, 1.165) is 30.6 Å². The van der Waals surface area contributed by atoms with Gasteiger partial charge in [-0.15, -0.1) is 0 Å². The van der Waals surface area contributed by atoms with Crippen molar-refractivity contribution in [2.45, 2.75) is 19.3 Å². The minimum Gasteiger partial charge on any atom is -0.508 e. The second kappa shape index (κ2) is 7.06. The molecule has 2 nitrogen and oxygen atoms in total. The minimum atomic E-state index is -0.208. The van der Waals surface area contributed by atoms with Gasteiger partial charge in [0.05, 0.1) is 0 Å². The third-order valence-electron chi connectivity index (χ3n) is 3.40. The van der Waals surface area contributed by atoms with Gasteiger partial charge >= 0.3 is 0 Å². The van der Waals surface area contributed by atoms with Crippen LogP contribution in [0.1, 0.15) is 24.0 Å². The van der Waals surface area contributed by atoms with Gasteiger partial charge in [0, 0.05) is 12.5 Å². The zero-order valence-corrected chi connectivity index (χ0v) is 11.6.